The van der Waals surface area contributed by atoms with Gasteiger partial charge >= 0.3 is 12.1 Å². The van der Waals surface area contributed by atoms with E-state index in [1.807, 2.05) is 13.8 Å². The fourth-order valence-electron chi connectivity index (χ4n) is 3.32. The SMILES string of the molecule is C#Cc1ccc(C(C(=O)NCC(=O)OC)N(CC)C(=O)C(NC(=O)OC(C)(C)C)C(C)CC)cc1. The Morgan fingerprint density at radius 1 is 1.11 bits per heavy atom. The van der Waals surface area contributed by atoms with Crippen molar-refractivity contribution in [2.45, 2.75) is 65.6 Å². The van der Waals surface area contributed by atoms with Gasteiger partial charge < -0.3 is 25.0 Å². The summed E-state index contributed by atoms with van der Waals surface area (Å²) in [4.78, 5) is 52.5. The first-order chi connectivity index (χ1) is 16.4. The summed E-state index contributed by atoms with van der Waals surface area (Å²) in [5.41, 5.74) is 0.370. The highest BCUT2D eigenvalue weighted by Gasteiger charge is 2.37. The van der Waals surface area contributed by atoms with Crippen LogP contribution in [0.3, 0.4) is 0 Å². The second kappa shape index (κ2) is 13.4. The van der Waals surface area contributed by atoms with Crippen molar-refractivity contribution in [2.24, 2.45) is 5.92 Å². The Bertz CT molecular complexity index is 930. The van der Waals surface area contributed by atoms with E-state index in [0.717, 1.165) is 0 Å². The van der Waals surface area contributed by atoms with Crippen LogP contribution in [0, 0.1) is 18.3 Å². The number of rotatable bonds is 10. The predicted molar refractivity (Wildman–Crippen MR) is 132 cm³/mol. The molecule has 35 heavy (non-hydrogen) atoms. The highest BCUT2D eigenvalue weighted by molar-refractivity contribution is 5.93. The molecule has 9 nitrogen and oxygen atoms in total. The second-order valence-electron chi connectivity index (χ2n) is 9.10. The molecule has 192 valence electrons. The lowest BCUT2D eigenvalue weighted by Crippen LogP contribution is -2.55. The van der Waals surface area contributed by atoms with Gasteiger partial charge in [0, 0.05) is 12.1 Å². The molecule has 0 spiro atoms. The van der Waals surface area contributed by atoms with E-state index in [1.54, 1.807) is 52.0 Å². The Morgan fingerprint density at radius 2 is 1.71 bits per heavy atom. The second-order valence-corrected chi connectivity index (χ2v) is 9.10. The van der Waals surface area contributed by atoms with Crippen LogP contribution in [0.1, 0.15) is 65.1 Å². The minimum absolute atomic E-state index is 0.162. The molecule has 0 saturated heterocycles. The summed E-state index contributed by atoms with van der Waals surface area (Å²) in [7, 11) is 1.21. The van der Waals surface area contributed by atoms with Crippen LogP contribution < -0.4 is 10.6 Å². The number of hydrogen-bond donors (Lipinski definition) is 2. The minimum atomic E-state index is -1.07. The van der Waals surface area contributed by atoms with Crippen molar-refractivity contribution in [3.8, 4) is 12.3 Å². The molecule has 0 aliphatic carbocycles. The Labute approximate surface area is 207 Å². The van der Waals surface area contributed by atoms with E-state index in [0.29, 0.717) is 17.5 Å². The van der Waals surface area contributed by atoms with Crippen molar-refractivity contribution in [1.29, 1.82) is 0 Å². The maximum atomic E-state index is 13.8. The molecule has 3 amide bonds. The summed E-state index contributed by atoms with van der Waals surface area (Å²) in [6.45, 7) is 10.5. The number of ether oxygens (including phenoxy) is 2. The topological polar surface area (TPSA) is 114 Å². The van der Waals surface area contributed by atoms with E-state index in [4.69, 9.17) is 11.2 Å². The molecule has 0 bridgehead atoms. The van der Waals surface area contributed by atoms with Gasteiger partial charge in [0.25, 0.3) is 0 Å². The maximum Gasteiger partial charge on any atom is 0.408 e. The fraction of sp³-hybridized carbons (Fsp3) is 0.538. The van der Waals surface area contributed by atoms with Crippen molar-refractivity contribution < 1.29 is 28.7 Å². The van der Waals surface area contributed by atoms with Crippen LogP contribution in [-0.4, -0.2) is 60.6 Å². The number of hydrogen-bond acceptors (Lipinski definition) is 6. The summed E-state index contributed by atoms with van der Waals surface area (Å²) >= 11 is 0. The molecule has 1 aromatic carbocycles. The number of carbonyl (C=O) groups excluding carboxylic acids is 4. The zero-order chi connectivity index (χ0) is 26.8. The zero-order valence-electron chi connectivity index (χ0n) is 21.6. The number of carbonyl (C=O) groups is 4. The monoisotopic (exact) mass is 487 g/mol. The first-order valence-electron chi connectivity index (χ1n) is 11.6. The summed E-state index contributed by atoms with van der Waals surface area (Å²) in [6, 6.07) is 4.64. The molecule has 3 atom stereocenters. The molecule has 0 saturated carbocycles. The molecule has 9 heteroatoms. The predicted octanol–water partition coefficient (Wildman–Crippen LogP) is 2.79. The normalized spacial score (nSPS) is 13.4. The average molecular weight is 488 g/mol. The van der Waals surface area contributed by atoms with Gasteiger partial charge in [-0.25, -0.2) is 4.79 Å². The number of nitrogens with one attached hydrogen (secondary N) is 2. The summed E-state index contributed by atoms with van der Waals surface area (Å²) in [5, 5.41) is 5.20. The van der Waals surface area contributed by atoms with Gasteiger partial charge in [0.1, 0.15) is 24.2 Å². The molecular weight excluding hydrogens is 450 g/mol. The number of alkyl carbamates (subject to hydrolysis) is 1. The smallest absolute Gasteiger partial charge is 0.408 e. The Balaban J connectivity index is 3.39. The van der Waals surface area contributed by atoms with Crippen LogP contribution in [-0.2, 0) is 23.9 Å². The number of benzene rings is 1. The van der Waals surface area contributed by atoms with Gasteiger partial charge in [-0.1, -0.05) is 38.3 Å². The van der Waals surface area contributed by atoms with Crippen molar-refractivity contribution >= 4 is 23.9 Å². The molecule has 0 aliphatic heterocycles. The van der Waals surface area contributed by atoms with Crippen molar-refractivity contribution in [1.82, 2.24) is 15.5 Å². The highest BCUT2D eigenvalue weighted by Crippen LogP contribution is 2.25. The fourth-order valence-corrected chi connectivity index (χ4v) is 3.32. The number of esters is 1. The first-order valence-corrected chi connectivity index (χ1v) is 11.6. The number of terminal acetylenes is 1. The third-order valence-corrected chi connectivity index (χ3v) is 5.36. The van der Waals surface area contributed by atoms with Gasteiger partial charge in [0.15, 0.2) is 0 Å². The minimum Gasteiger partial charge on any atom is -0.468 e. The van der Waals surface area contributed by atoms with E-state index >= 15 is 0 Å². The van der Waals surface area contributed by atoms with Gasteiger partial charge in [0.05, 0.1) is 7.11 Å². The van der Waals surface area contributed by atoms with Gasteiger partial charge in [-0.15, -0.1) is 6.42 Å². The Morgan fingerprint density at radius 3 is 2.17 bits per heavy atom. The Kier molecular flexibility index (Phi) is 11.3. The van der Waals surface area contributed by atoms with Crippen LogP contribution in [0.25, 0.3) is 0 Å². The lowest BCUT2D eigenvalue weighted by atomic mass is 9.95. The van der Waals surface area contributed by atoms with Crippen LogP contribution >= 0.6 is 0 Å². The van der Waals surface area contributed by atoms with Gasteiger partial charge in [0.2, 0.25) is 11.8 Å². The van der Waals surface area contributed by atoms with Gasteiger partial charge in [-0.2, -0.15) is 0 Å². The van der Waals surface area contributed by atoms with Crippen molar-refractivity contribution in [2.75, 3.05) is 20.2 Å². The lowest BCUT2D eigenvalue weighted by molar-refractivity contribution is -0.145. The van der Waals surface area contributed by atoms with E-state index in [1.165, 1.54) is 12.0 Å². The van der Waals surface area contributed by atoms with E-state index in [-0.39, 0.29) is 19.0 Å². The van der Waals surface area contributed by atoms with Crippen molar-refractivity contribution in [3.63, 3.8) is 0 Å². The number of nitrogens with zero attached hydrogens (tertiary/aromatic N) is 1. The largest absolute Gasteiger partial charge is 0.468 e. The Hall–Kier alpha value is -3.54. The first kappa shape index (κ1) is 29.5. The molecule has 3 unspecified atom stereocenters. The van der Waals surface area contributed by atoms with Crippen LogP contribution in [0.4, 0.5) is 4.79 Å². The molecule has 1 rings (SSSR count). The quantitative estimate of drug-likeness (QED) is 0.388. The summed E-state index contributed by atoms with van der Waals surface area (Å²) < 4.78 is 9.95. The molecule has 0 aromatic heterocycles. The average Bonchev–Trinajstić information content (AvgIpc) is 2.82. The van der Waals surface area contributed by atoms with Gasteiger partial charge in [-0.3, -0.25) is 14.4 Å². The van der Waals surface area contributed by atoms with E-state index in [2.05, 4.69) is 21.3 Å². The van der Waals surface area contributed by atoms with Crippen LogP contribution in [0.15, 0.2) is 24.3 Å². The van der Waals surface area contributed by atoms with Crippen LogP contribution in [0.5, 0.6) is 0 Å². The lowest BCUT2D eigenvalue weighted by Gasteiger charge is -2.35. The molecular formula is C26H37N3O6. The van der Waals surface area contributed by atoms with E-state index in [9.17, 15) is 19.2 Å². The molecule has 0 aliphatic rings. The molecule has 2 N–H and O–H groups in total. The van der Waals surface area contributed by atoms with E-state index < -0.39 is 41.6 Å². The third-order valence-electron chi connectivity index (χ3n) is 5.36. The van der Waals surface area contributed by atoms with Crippen molar-refractivity contribution in [3.05, 3.63) is 35.4 Å². The molecule has 0 radical (unpaired) electrons. The van der Waals surface area contributed by atoms with Crippen LogP contribution in [0.2, 0.25) is 0 Å². The number of amides is 3. The molecule has 0 heterocycles. The summed E-state index contributed by atoms with van der Waals surface area (Å²) in [5.74, 6) is 0.621. The highest BCUT2D eigenvalue weighted by atomic mass is 16.6. The standard InChI is InChI=1S/C26H37N3O6/c1-9-17(4)21(28-25(33)35-26(5,6)7)24(32)29(11-3)22(23(31)27-16-20(30)34-8)19-14-12-18(10-2)13-15-19/h2,12-15,17,21-22H,9,11,16H2,1,3-8H3,(H,27,31)(H,28,33). The number of methoxy groups -OCH3 is 1. The molecule has 1 aromatic rings. The number of likely N-dealkylation sites (N-methyl/N-ethyl adjacent to an activating group) is 1. The van der Waals surface area contributed by atoms with Gasteiger partial charge in [-0.05, 0) is 51.3 Å². The maximum absolute atomic E-state index is 13.8. The molecule has 0 fully saturated rings. The summed E-state index contributed by atoms with van der Waals surface area (Å²) in [6.07, 6.45) is 5.32. The third kappa shape index (κ3) is 8.96. The zero-order valence-corrected chi connectivity index (χ0v) is 21.6.